The molecule has 2 heterocycles. The number of rotatable bonds is 10. The van der Waals surface area contributed by atoms with Crippen molar-refractivity contribution < 1.29 is 15.0 Å². The van der Waals surface area contributed by atoms with E-state index in [1.54, 1.807) is 4.90 Å². The second kappa shape index (κ2) is 10.4. The van der Waals surface area contributed by atoms with Crippen LogP contribution in [0, 0.1) is 6.92 Å². The molecule has 1 aliphatic rings. The van der Waals surface area contributed by atoms with Gasteiger partial charge >= 0.3 is 0 Å². The Morgan fingerprint density at radius 3 is 2.55 bits per heavy atom. The highest BCUT2D eigenvalue weighted by molar-refractivity contribution is 7.11. The van der Waals surface area contributed by atoms with Crippen molar-refractivity contribution in [2.45, 2.75) is 83.5 Å². The molecule has 0 radical (unpaired) electrons. The predicted molar refractivity (Wildman–Crippen MR) is 119 cm³/mol. The summed E-state index contributed by atoms with van der Waals surface area (Å²) in [5.74, 6) is -0.0225. The van der Waals surface area contributed by atoms with E-state index < -0.39 is 12.2 Å². The Hall–Kier alpha value is -1.69. The number of nitrogens with zero attached hydrogens (tertiary/aromatic N) is 1. The fraction of sp³-hybridized carbons (Fsp3) is 0.542. The largest absolute Gasteiger partial charge is 0.390 e. The van der Waals surface area contributed by atoms with Crippen molar-refractivity contribution in [2.24, 2.45) is 0 Å². The van der Waals surface area contributed by atoms with Gasteiger partial charge in [-0.05, 0) is 62.4 Å². The molecule has 3 rings (SSSR count). The summed E-state index contributed by atoms with van der Waals surface area (Å²) >= 11 is 1.81. The predicted octanol–water partition coefficient (Wildman–Crippen LogP) is 5.16. The Labute approximate surface area is 178 Å². The van der Waals surface area contributed by atoms with Gasteiger partial charge in [0.25, 0.3) is 0 Å². The van der Waals surface area contributed by atoms with Crippen LogP contribution in [-0.4, -0.2) is 28.3 Å². The first-order chi connectivity index (χ1) is 14.0. The van der Waals surface area contributed by atoms with Crippen LogP contribution in [0.3, 0.4) is 0 Å². The van der Waals surface area contributed by atoms with Crippen LogP contribution in [0.2, 0.25) is 0 Å². The van der Waals surface area contributed by atoms with E-state index in [4.69, 9.17) is 0 Å². The third-order valence-corrected chi connectivity index (χ3v) is 6.84. The number of unbranched alkanes of at least 4 members (excludes halogenated alkanes) is 2. The Bertz CT molecular complexity index is 786. The molecule has 3 unspecified atom stereocenters. The zero-order chi connectivity index (χ0) is 20.8. The summed E-state index contributed by atoms with van der Waals surface area (Å²) in [6, 6.07) is 11.8. The second-order valence-corrected chi connectivity index (χ2v) is 9.48. The number of hydrogen-bond donors (Lipinski definition) is 2. The van der Waals surface area contributed by atoms with Crippen LogP contribution in [0.15, 0.2) is 36.4 Å². The lowest BCUT2D eigenvalue weighted by molar-refractivity contribution is -0.117. The Morgan fingerprint density at radius 2 is 1.90 bits per heavy atom. The van der Waals surface area contributed by atoms with Crippen molar-refractivity contribution in [3.05, 3.63) is 51.7 Å². The number of hydrogen-bond acceptors (Lipinski definition) is 4. The second-order valence-electron chi connectivity index (χ2n) is 8.11. The monoisotopic (exact) mass is 415 g/mol. The van der Waals surface area contributed by atoms with Crippen molar-refractivity contribution in [1.82, 2.24) is 0 Å². The molecule has 158 valence electrons. The first-order valence-electron chi connectivity index (χ1n) is 10.8. The SMILES string of the molecule is CCCCCC(O)c1ccc(N2C(=O)CC(O)C2CCCc2ccc(C)s2)cc1. The molecule has 4 nitrogen and oxygen atoms in total. The minimum absolute atomic E-state index is 0.0225. The minimum atomic E-state index is -0.619. The molecule has 3 atom stereocenters. The fourth-order valence-corrected chi connectivity index (χ4v) is 5.08. The van der Waals surface area contributed by atoms with E-state index in [1.165, 1.54) is 9.75 Å². The van der Waals surface area contributed by atoms with Gasteiger partial charge < -0.3 is 15.1 Å². The van der Waals surface area contributed by atoms with Crippen LogP contribution in [-0.2, 0) is 11.2 Å². The van der Waals surface area contributed by atoms with Crippen molar-refractivity contribution in [3.63, 3.8) is 0 Å². The van der Waals surface area contributed by atoms with Gasteiger partial charge in [0.2, 0.25) is 5.91 Å². The lowest BCUT2D eigenvalue weighted by Gasteiger charge is -2.27. The lowest BCUT2D eigenvalue weighted by Crippen LogP contribution is -2.37. The molecule has 2 aromatic rings. The molecule has 0 spiro atoms. The van der Waals surface area contributed by atoms with E-state index in [2.05, 4.69) is 26.0 Å². The Morgan fingerprint density at radius 1 is 1.14 bits per heavy atom. The number of aliphatic hydroxyl groups excluding tert-OH is 2. The van der Waals surface area contributed by atoms with Crippen LogP contribution in [0.25, 0.3) is 0 Å². The van der Waals surface area contributed by atoms with E-state index in [-0.39, 0.29) is 18.4 Å². The molecule has 1 aromatic carbocycles. The summed E-state index contributed by atoms with van der Waals surface area (Å²) in [6.45, 7) is 4.26. The topological polar surface area (TPSA) is 60.8 Å². The summed E-state index contributed by atoms with van der Waals surface area (Å²) in [6.07, 6.45) is 5.86. The smallest absolute Gasteiger partial charge is 0.230 e. The molecule has 1 fully saturated rings. The summed E-state index contributed by atoms with van der Waals surface area (Å²) < 4.78 is 0. The molecule has 1 saturated heterocycles. The maximum absolute atomic E-state index is 12.5. The summed E-state index contributed by atoms with van der Waals surface area (Å²) in [4.78, 5) is 17.0. The van der Waals surface area contributed by atoms with Gasteiger partial charge in [-0.2, -0.15) is 0 Å². The van der Waals surface area contributed by atoms with E-state index in [9.17, 15) is 15.0 Å². The van der Waals surface area contributed by atoms with E-state index in [0.717, 1.165) is 56.2 Å². The van der Waals surface area contributed by atoms with E-state index >= 15 is 0 Å². The van der Waals surface area contributed by atoms with Crippen LogP contribution in [0.4, 0.5) is 5.69 Å². The average molecular weight is 416 g/mol. The zero-order valence-corrected chi connectivity index (χ0v) is 18.3. The first-order valence-corrected chi connectivity index (χ1v) is 11.6. The van der Waals surface area contributed by atoms with Crippen LogP contribution < -0.4 is 4.90 Å². The normalized spacial score (nSPS) is 20.4. The quantitative estimate of drug-likeness (QED) is 0.527. The molecule has 2 N–H and O–H groups in total. The Balaban J connectivity index is 1.62. The van der Waals surface area contributed by atoms with E-state index in [0.29, 0.717) is 0 Å². The number of benzene rings is 1. The van der Waals surface area contributed by atoms with Crippen molar-refractivity contribution in [2.75, 3.05) is 4.90 Å². The number of anilines is 1. The number of aryl methyl sites for hydroxylation is 2. The number of carbonyl (C=O) groups is 1. The molecule has 0 aliphatic carbocycles. The summed E-state index contributed by atoms with van der Waals surface area (Å²) in [7, 11) is 0. The van der Waals surface area contributed by atoms with Gasteiger partial charge in [0.05, 0.1) is 24.7 Å². The summed E-state index contributed by atoms with van der Waals surface area (Å²) in [5, 5.41) is 20.8. The van der Waals surface area contributed by atoms with Crippen LogP contribution in [0.5, 0.6) is 0 Å². The maximum Gasteiger partial charge on any atom is 0.230 e. The highest BCUT2D eigenvalue weighted by Crippen LogP contribution is 2.32. The zero-order valence-electron chi connectivity index (χ0n) is 17.5. The molecule has 1 amide bonds. The fourth-order valence-electron chi connectivity index (χ4n) is 4.14. The van der Waals surface area contributed by atoms with Gasteiger partial charge in [-0.3, -0.25) is 4.79 Å². The van der Waals surface area contributed by atoms with Gasteiger partial charge in [0, 0.05) is 15.4 Å². The summed E-state index contributed by atoms with van der Waals surface area (Å²) in [5.41, 5.74) is 1.70. The number of carbonyl (C=O) groups excluding carboxylic acids is 1. The Kier molecular flexibility index (Phi) is 7.87. The van der Waals surface area contributed by atoms with Gasteiger partial charge in [0.15, 0.2) is 0 Å². The van der Waals surface area contributed by atoms with Crippen molar-refractivity contribution in [1.29, 1.82) is 0 Å². The van der Waals surface area contributed by atoms with Gasteiger partial charge in [0.1, 0.15) is 0 Å². The van der Waals surface area contributed by atoms with E-state index in [1.807, 2.05) is 35.6 Å². The lowest BCUT2D eigenvalue weighted by atomic mass is 10.0. The molecule has 29 heavy (non-hydrogen) atoms. The number of aliphatic hydroxyl groups is 2. The number of thiophene rings is 1. The highest BCUT2D eigenvalue weighted by Gasteiger charge is 2.39. The molecule has 0 saturated carbocycles. The standard InChI is InChI=1S/C24H33NO3S/c1-3-4-5-9-22(26)18-11-13-19(14-12-18)25-21(23(27)16-24(25)28)8-6-7-20-15-10-17(2)29-20/h10-15,21-23,26-27H,3-9,16H2,1-2H3. The molecule has 0 bridgehead atoms. The molecular formula is C24H33NO3S. The van der Waals surface area contributed by atoms with Gasteiger partial charge in [-0.15, -0.1) is 11.3 Å². The maximum atomic E-state index is 12.5. The number of amides is 1. The molecule has 1 aromatic heterocycles. The molecular weight excluding hydrogens is 382 g/mol. The molecule has 1 aliphatic heterocycles. The highest BCUT2D eigenvalue weighted by atomic mass is 32.1. The first kappa shape index (κ1) is 22.0. The third kappa shape index (κ3) is 5.68. The third-order valence-electron chi connectivity index (χ3n) is 5.78. The van der Waals surface area contributed by atoms with Crippen LogP contribution >= 0.6 is 11.3 Å². The molecule has 5 heteroatoms. The minimum Gasteiger partial charge on any atom is -0.390 e. The van der Waals surface area contributed by atoms with Crippen LogP contribution in [0.1, 0.15) is 73.3 Å². The van der Waals surface area contributed by atoms with Crippen molar-refractivity contribution in [3.8, 4) is 0 Å². The van der Waals surface area contributed by atoms with Gasteiger partial charge in [-0.1, -0.05) is 38.3 Å². The van der Waals surface area contributed by atoms with Gasteiger partial charge in [-0.25, -0.2) is 0 Å². The average Bonchev–Trinajstić information content (AvgIpc) is 3.24. The van der Waals surface area contributed by atoms with Crippen molar-refractivity contribution >= 4 is 22.9 Å².